The van der Waals surface area contributed by atoms with E-state index in [1.807, 2.05) is 31.2 Å². The van der Waals surface area contributed by atoms with E-state index in [1.165, 1.54) is 0 Å². The minimum atomic E-state index is -0.207. The normalized spacial score (nSPS) is 10.4. The van der Waals surface area contributed by atoms with E-state index in [0.29, 0.717) is 18.8 Å². The summed E-state index contributed by atoms with van der Waals surface area (Å²) in [6, 6.07) is 9.35. The van der Waals surface area contributed by atoms with Crippen molar-refractivity contribution >= 4 is 11.6 Å². The molecular formula is C14H17N3O2. The van der Waals surface area contributed by atoms with Crippen LogP contribution in [-0.4, -0.2) is 29.4 Å². The predicted octanol–water partition coefficient (Wildman–Crippen LogP) is 2.09. The number of hydrogen-bond acceptors (Lipinski definition) is 3. The van der Waals surface area contributed by atoms with E-state index in [0.717, 1.165) is 11.3 Å². The molecule has 0 saturated carbocycles. The highest BCUT2D eigenvalue weighted by molar-refractivity contribution is 6.02. The van der Waals surface area contributed by atoms with Crippen molar-refractivity contribution in [3.63, 3.8) is 0 Å². The molecule has 1 amide bonds. The lowest BCUT2D eigenvalue weighted by molar-refractivity contribution is 0.102. The number of carbonyl (C=O) groups is 1. The van der Waals surface area contributed by atoms with Gasteiger partial charge in [-0.15, -0.1) is 0 Å². The molecule has 5 heteroatoms. The molecule has 2 aromatic rings. The number of aromatic nitrogens is 2. The molecule has 100 valence electrons. The maximum Gasteiger partial charge on any atom is 0.276 e. The Morgan fingerprint density at radius 2 is 2.26 bits per heavy atom. The molecule has 1 N–H and O–H groups in total. The van der Waals surface area contributed by atoms with Gasteiger partial charge in [0.2, 0.25) is 0 Å². The number of methoxy groups -OCH3 is 1. The molecule has 2 rings (SSSR count). The van der Waals surface area contributed by atoms with Crippen LogP contribution in [0.5, 0.6) is 0 Å². The van der Waals surface area contributed by atoms with Crippen molar-refractivity contribution in [3.05, 3.63) is 47.8 Å². The quantitative estimate of drug-likeness (QED) is 0.894. The average Bonchev–Trinajstić information content (AvgIpc) is 2.85. The van der Waals surface area contributed by atoms with Crippen molar-refractivity contribution in [1.82, 2.24) is 9.78 Å². The number of nitrogens with zero attached hydrogens (tertiary/aromatic N) is 2. The van der Waals surface area contributed by atoms with Crippen molar-refractivity contribution in [1.29, 1.82) is 0 Å². The summed E-state index contributed by atoms with van der Waals surface area (Å²) in [4.78, 5) is 12.0. The highest BCUT2D eigenvalue weighted by atomic mass is 16.5. The summed E-state index contributed by atoms with van der Waals surface area (Å²) >= 11 is 0. The molecule has 1 aromatic carbocycles. The number of rotatable bonds is 5. The maximum atomic E-state index is 12.0. The first kappa shape index (κ1) is 13.3. The van der Waals surface area contributed by atoms with Gasteiger partial charge in [-0.1, -0.05) is 12.1 Å². The Morgan fingerprint density at radius 3 is 3.00 bits per heavy atom. The van der Waals surface area contributed by atoms with Crippen molar-refractivity contribution in [3.8, 4) is 0 Å². The number of carbonyl (C=O) groups excluding carboxylic acids is 1. The van der Waals surface area contributed by atoms with E-state index >= 15 is 0 Å². The smallest absolute Gasteiger partial charge is 0.276 e. The van der Waals surface area contributed by atoms with E-state index in [2.05, 4.69) is 10.4 Å². The van der Waals surface area contributed by atoms with Gasteiger partial charge in [-0.05, 0) is 30.7 Å². The minimum absolute atomic E-state index is 0.207. The highest BCUT2D eigenvalue weighted by Gasteiger charge is 2.09. The van der Waals surface area contributed by atoms with Crippen molar-refractivity contribution in [2.75, 3.05) is 19.0 Å². The van der Waals surface area contributed by atoms with E-state index in [9.17, 15) is 4.79 Å². The first-order chi connectivity index (χ1) is 9.19. The van der Waals surface area contributed by atoms with Crippen molar-refractivity contribution in [2.24, 2.45) is 0 Å². The largest absolute Gasteiger partial charge is 0.383 e. The lowest BCUT2D eigenvalue weighted by atomic mass is 10.2. The van der Waals surface area contributed by atoms with Gasteiger partial charge in [0.05, 0.1) is 13.2 Å². The molecule has 0 spiro atoms. The summed E-state index contributed by atoms with van der Waals surface area (Å²) in [7, 11) is 1.63. The summed E-state index contributed by atoms with van der Waals surface area (Å²) in [5.41, 5.74) is 2.28. The van der Waals surface area contributed by atoms with Crippen LogP contribution < -0.4 is 5.32 Å². The Bertz CT molecular complexity index is 563. The standard InChI is InChI=1S/C14H17N3O2/c1-11-4-3-5-12(10-11)15-14(18)13-6-7-17(16-13)8-9-19-2/h3-7,10H,8-9H2,1-2H3,(H,15,18). The Morgan fingerprint density at radius 1 is 1.42 bits per heavy atom. The third-order valence-electron chi connectivity index (χ3n) is 2.67. The third-order valence-corrected chi connectivity index (χ3v) is 2.67. The van der Waals surface area contributed by atoms with Crippen LogP contribution in [0, 0.1) is 6.92 Å². The molecule has 0 fully saturated rings. The molecular weight excluding hydrogens is 242 g/mol. The van der Waals surface area contributed by atoms with Crippen LogP contribution in [0.15, 0.2) is 36.5 Å². The van der Waals surface area contributed by atoms with E-state index < -0.39 is 0 Å². The van der Waals surface area contributed by atoms with Crippen LogP contribution in [0.2, 0.25) is 0 Å². The molecule has 0 aliphatic heterocycles. The minimum Gasteiger partial charge on any atom is -0.383 e. The second-order valence-electron chi connectivity index (χ2n) is 4.28. The van der Waals surface area contributed by atoms with Gasteiger partial charge in [-0.25, -0.2) is 0 Å². The first-order valence-corrected chi connectivity index (χ1v) is 6.09. The molecule has 0 radical (unpaired) electrons. The summed E-state index contributed by atoms with van der Waals surface area (Å²) in [5, 5.41) is 7.01. The summed E-state index contributed by atoms with van der Waals surface area (Å²) < 4.78 is 6.65. The van der Waals surface area contributed by atoms with Gasteiger partial charge in [0.25, 0.3) is 5.91 Å². The highest BCUT2D eigenvalue weighted by Crippen LogP contribution is 2.10. The van der Waals surface area contributed by atoms with Gasteiger partial charge in [-0.2, -0.15) is 5.10 Å². The summed E-state index contributed by atoms with van der Waals surface area (Å²) in [6.07, 6.45) is 1.77. The molecule has 0 saturated heterocycles. The first-order valence-electron chi connectivity index (χ1n) is 6.09. The number of amides is 1. The second kappa shape index (κ2) is 6.15. The second-order valence-corrected chi connectivity index (χ2v) is 4.28. The summed E-state index contributed by atoms with van der Waals surface area (Å²) in [5.74, 6) is -0.207. The van der Waals surface area contributed by atoms with Crippen LogP contribution >= 0.6 is 0 Å². The molecule has 5 nitrogen and oxygen atoms in total. The van der Waals surface area contributed by atoms with Crippen LogP contribution in [-0.2, 0) is 11.3 Å². The Hall–Kier alpha value is -2.14. The van der Waals surface area contributed by atoms with Gasteiger partial charge in [0, 0.05) is 19.0 Å². The average molecular weight is 259 g/mol. The maximum absolute atomic E-state index is 12.0. The lowest BCUT2D eigenvalue weighted by Crippen LogP contribution is -2.14. The molecule has 1 aromatic heterocycles. The SMILES string of the molecule is COCCn1ccc(C(=O)Nc2cccc(C)c2)n1. The Kier molecular flexibility index (Phi) is 4.30. The molecule has 0 bridgehead atoms. The number of hydrogen-bond donors (Lipinski definition) is 1. The van der Waals surface area contributed by atoms with E-state index in [4.69, 9.17) is 4.74 Å². The molecule has 0 unspecified atom stereocenters. The number of anilines is 1. The Balaban J connectivity index is 2.01. The molecule has 0 atom stereocenters. The fourth-order valence-corrected chi connectivity index (χ4v) is 1.71. The van der Waals surface area contributed by atoms with Gasteiger partial charge in [0.15, 0.2) is 5.69 Å². The van der Waals surface area contributed by atoms with Gasteiger partial charge in [0.1, 0.15) is 0 Å². The number of benzene rings is 1. The molecule has 1 heterocycles. The van der Waals surface area contributed by atoms with Crippen LogP contribution in [0.1, 0.15) is 16.1 Å². The summed E-state index contributed by atoms with van der Waals surface area (Å²) in [6.45, 7) is 3.18. The van der Waals surface area contributed by atoms with Crippen LogP contribution in [0.3, 0.4) is 0 Å². The zero-order valence-corrected chi connectivity index (χ0v) is 11.1. The predicted molar refractivity (Wildman–Crippen MR) is 73.2 cm³/mol. The Labute approximate surface area is 112 Å². The lowest BCUT2D eigenvalue weighted by Gasteiger charge is -2.04. The number of nitrogens with one attached hydrogen (secondary N) is 1. The van der Waals surface area contributed by atoms with Gasteiger partial charge >= 0.3 is 0 Å². The monoisotopic (exact) mass is 259 g/mol. The van der Waals surface area contributed by atoms with E-state index in [1.54, 1.807) is 24.1 Å². The number of ether oxygens (including phenoxy) is 1. The van der Waals surface area contributed by atoms with Crippen LogP contribution in [0.25, 0.3) is 0 Å². The fraction of sp³-hybridized carbons (Fsp3) is 0.286. The zero-order chi connectivity index (χ0) is 13.7. The molecule has 0 aliphatic carbocycles. The molecule has 0 aliphatic rings. The van der Waals surface area contributed by atoms with Gasteiger partial charge in [-0.3, -0.25) is 9.48 Å². The number of aryl methyl sites for hydroxylation is 1. The van der Waals surface area contributed by atoms with Gasteiger partial charge < -0.3 is 10.1 Å². The molecule has 19 heavy (non-hydrogen) atoms. The van der Waals surface area contributed by atoms with Crippen LogP contribution in [0.4, 0.5) is 5.69 Å². The van der Waals surface area contributed by atoms with Crippen molar-refractivity contribution < 1.29 is 9.53 Å². The zero-order valence-electron chi connectivity index (χ0n) is 11.1. The third kappa shape index (κ3) is 3.66. The van der Waals surface area contributed by atoms with E-state index in [-0.39, 0.29) is 5.91 Å². The fourth-order valence-electron chi connectivity index (χ4n) is 1.71. The van der Waals surface area contributed by atoms with Crippen molar-refractivity contribution in [2.45, 2.75) is 13.5 Å². The topological polar surface area (TPSA) is 56.1 Å².